The molecular formula is C24H23F3N2O3S. The molecule has 2 heterocycles. The minimum Gasteiger partial charge on any atom is -0.476 e. The van der Waals surface area contributed by atoms with Crippen LogP contribution in [-0.2, 0) is 28.7 Å². The average Bonchev–Trinajstić information content (AvgIpc) is 3.27. The number of hydrogen-bond donors (Lipinski definition) is 0. The first-order chi connectivity index (χ1) is 15.6. The van der Waals surface area contributed by atoms with Crippen molar-refractivity contribution >= 4 is 22.4 Å². The van der Waals surface area contributed by atoms with Gasteiger partial charge in [-0.2, -0.15) is 13.2 Å². The summed E-state index contributed by atoms with van der Waals surface area (Å²) in [6, 6.07) is 10.8. The molecule has 4 rings (SSSR count). The number of thiazole rings is 1. The SMILES string of the molecule is COC(=O)C(C)(C)Oc1ccc2c(c1)CCN(c1nc(-c3ccc(C(F)(F)F)cc3)cs1)C2. The van der Waals surface area contributed by atoms with E-state index in [0.717, 1.165) is 41.4 Å². The molecule has 0 fully saturated rings. The molecule has 3 aromatic rings. The summed E-state index contributed by atoms with van der Waals surface area (Å²) in [5.41, 5.74) is 1.83. The van der Waals surface area contributed by atoms with Gasteiger partial charge in [0.25, 0.3) is 0 Å². The molecule has 0 N–H and O–H groups in total. The van der Waals surface area contributed by atoms with Crippen LogP contribution in [0.2, 0.25) is 0 Å². The summed E-state index contributed by atoms with van der Waals surface area (Å²) in [6.45, 7) is 4.74. The summed E-state index contributed by atoms with van der Waals surface area (Å²) in [7, 11) is 1.33. The molecule has 0 unspecified atom stereocenters. The lowest BCUT2D eigenvalue weighted by Gasteiger charge is -2.29. The number of ether oxygens (including phenoxy) is 2. The average molecular weight is 477 g/mol. The third-order valence-corrected chi connectivity index (χ3v) is 6.41. The molecule has 0 atom stereocenters. The third kappa shape index (κ3) is 4.98. The molecule has 5 nitrogen and oxygen atoms in total. The van der Waals surface area contributed by atoms with E-state index < -0.39 is 23.3 Å². The number of alkyl halides is 3. The van der Waals surface area contributed by atoms with Crippen molar-refractivity contribution in [2.75, 3.05) is 18.6 Å². The highest BCUT2D eigenvalue weighted by atomic mass is 32.1. The summed E-state index contributed by atoms with van der Waals surface area (Å²) in [4.78, 5) is 18.7. The molecule has 0 radical (unpaired) electrons. The molecule has 0 spiro atoms. The molecule has 1 aliphatic heterocycles. The maximum atomic E-state index is 12.8. The second kappa shape index (κ2) is 8.70. The number of rotatable bonds is 5. The lowest BCUT2D eigenvalue weighted by atomic mass is 9.99. The predicted molar refractivity (Wildman–Crippen MR) is 120 cm³/mol. The van der Waals surface area contributed by atoms with Crippen molar-refractivity contribution in [1.82, 2.24) is 4.98 Å². The van der Waals surface area contributed by atoms with Crippen molar-refractivity contribution in [3.8, 4) is 17.0 Å². The highest BCUT2D eigenvalue weighted by Crippen LogP contribution is 2.34. The Morgan fingerprint density at radius 3 is 2.48 bits per heavy atom. The van der Waals surface area contributed by atoms with Crippen LogP contribution in [-0.4, -0.2) is 30.2 Å². The maximum absolute atomic E-state index is 12.8. The highest BCUT2D eigenvalue weighted by Gasteiger charge is 2.32. The van der Waals surface area contributed by atoms with Gasteiger partial charge in [0.2, 0.25) is 0 Å². The van der Waals surface area contributed by atoms with Gasteiger partial charge in [0.15, 0.2) is 10.7 Å². The highest BCUT2D eigenvalue weighted by molar-refractivity contribution is 7.14. The smallest absolute Gasteiger partial charge is 0.416 e. The van der Waals surface area contributed by atoms with Crippen molar-refractivity contribution in [2.24, 2.45) is 0 Å². The zero-order valence-electron chi connectivity index (χ0n) is 18.4. The third-order valence-electron chi connectivity index (χ3n) is 5.51. The Balaban J connectivity index is 1.46. The number of carbonyl (C=O) groups excluding carboxylic acids is 1. The summed E-state index contributed by atoms with van der Waals surface area (Å²) in [5, 5.41) is 2.68. The van der Waals surface area contributed by atoms with Crippen molar-refractivity contribution in [3.05, 3.63) is 64.5 Å². The molecule has 33 heavy (non-hydrogen) atoms. The number of nitrogens with zero attached hydrogens (tertiary/aromatic N) is 2. The number of aromatic nitrogens is 1. The number of esters is 1. The zero-order chi connectivity index (χ0) is 23.8. The lowest BCUT2D eigenvalue weighted by molar-refractivity contribution is -0.156. The van der Waals surface area contributed by atoms with E-state index in [9.17, 15) is 18.0 Å². The molecule has 1 aromatic heterocycles. The number of benzene rings is 2. The molecular weight excluding hydrogens is 453 g/mol. The van der Waals surface area contributed by atoms with E-state index in [-0.39, 0.29) is 0 Å². The quantitative estimate of drug-likeness (QED) is 0.441. The number of anilines is 1. The predicted octanol–water partition coefficient (Wildman–Crippen LogP) is 5.72. The first-order valence-corrected chi connectivity index (χ1v) is 11.2. The molecule has 2 aromatic carbocycles. The molecule has 0 amide bonds. The van der Waals surface area contributed by atoms with Crippen LogP contribution in [0.15, 0.2) is 47.8 Å². The number of halogens is 3. The Bertz CT molecular complexity index is 1160. The Kier molecular flexibility index (Phi) is 6.09. The van der Waals surface area contributed by atoms with Crippen molar-refractivity contribution in [3.63, 3.8) is 0 Å². The standard InChI is InChI=1S/C24H23F3N2O3S/c1-23(2,21(30)31-3)32-19-9-6-17-13-29(11-10-16(17)12-19)22-28-20(14-33-22)15-4-7-18(8-5-15)24(25,26)27/h4-9,12,14H,10-11,13H2,1-3H3. The minimum atomic E-state index is -4.35. The van der Waals surface area contributed by atoms with Crippen LogP contribution in [0.5, 0.6) is 5.75 Å². The van der Waals surface area contributed by atoms with Gasteiger partial charge in [-0.3, -0.25) is 0 Å². The van der Waals surface area contributed by atoms with Crippen LogP contribution in [0.4, 0.5) is 18.3 Å². The second-order valence-electron chi connectivity index (χ2n) is 8.30. The van der Waals surface area contributed by atoms with E-state index in [1.165, 1.54) is 30.6 Å². The first-order valence-electron chi connectivity index (χ1n) is 10.3. The monoisotopic (exact) mass is 476 g/mol. The van der Waals surface area contributed by atoms with Gasteiger partial charge in [-0.1, -0.05) is 18.2 Å². The van der Waals surface area contributed by atoms with E-state index >= 15 is 0 Å². The Morgan fingerprint density at radius 1 is 1.09 bits per heavy atom. The second-order valence-corrected chi connectivity index (χ2v) is 9.13. The van der Waals surface area contributed by atoms with E-state index in [1.807, 2.05) is 23.6 Å². The molecule has 9 heteroatoms. The van der Waals surface area contributed by atoms with E-state index in [1.54, 1.807) is 13.8 Å². The fourth-order valence-corrected chi connectivity index (χ4v) is 4.57. The number of fused-ring (bicyclic) bond motifs is 1. The molecule has 0 saturated heterocycles. The Labute approximate surface area is 193 Å². The van der Waals surface area contributed by atoms with Crippen LogP contribution in [0.25, 0.3) is 11.3 Å². The van der Waals surface area contributed by atoms with E-state index in [2.05, 4.69) is 9.88 Å². The van der Waals surface area contributed by atoms with Crippen LogP contribution >= 0.6 is 11.3 Å². The summed E-state index contributed by atoms with van der Waals surface area (Å²) in [5.74, 6) is 0.162. The van der Waals surface area contributed by atoms with Crippen LogP contribution in [0.3, 0.4) is 0 Å². The Morgan fingerprint density at radius 2 is 1.82 bits per heavy atom. The van der Waals surface area contributed by atoms with Gasteiger partial charge in [0.05, 0.1) is 18.4 Å². The molecule has 0 saturated carbocycles. The maximum Gasteiger partial charge on any atom is 0.416 e. The first kappa shape index (κ1) is 23.1. The van der Waals surface area contributed by atoms with Crippen molar-refractivity contribution in [1.29, 1.82) is 0 Å². The fourth-order valence-electron chi connectivity index (χ4n) is 3.71. The largest absolute Gasteiger partial charge is 0.476 e. The van der Waals surface area contributed by atoms with Crippen LogP contribution < -0.4 is 9.64 Å². The molecule has 0 aliphatic carbocycles. The normalized spacial score (nSPS) is 14.1. The van der Waals surface area contributed by atoms with E-state index in [4.69, 9.17) is 9.47 Å². The summed E-state index contributed by atoms with van der Waals surface area (Å²) < 4.78 is 49.0. The molecule has 1 aliphatic rings. The van der Waals surface area contributed by atoms with Gasteiger partial charge in [-0.25, -0.2) is 9.78 Å². The molecule has 0 bridgehead atoms. The fraction of sp³-hybridized carbons (Fsp3) is 0.333. The Hall–Kier alpha value is -3.07. The van der Waals surface area contributed by atoms with E-state index in [0.29, 0.717) is 23.6 Å². The van der Waals surface area contributed by atoms with Gasteiger partial charge in [-0.15, -0.1) is 11.3 Å². The minimum absolute atomic E-state index is 0.445. The number of methoxy groups -OCH3 is 1. The van der Waals surface area contributed by atoms with Gasteiger partial charge in [0, 0.05) is 24.0 Å². The van der Waals surface area contributed by atoms with Gasteiger partial charge < -0.3 is 14.4 Å². The number of hydrogen-bond acceptors (Lipinski definition) is 6. The van der Waals surface area contributed by atoms with Crippen LogP contribution in [0.1, 0.15) is 30.5 Å². The van der Waals surface area contributed by atoms with Crippen molar-refractivity contribution < 1.29 is 27.4 Å². The summed E-state index contributed by atoms with van der Waals surface area (Å²) >= 11 is 1.47. The van der Waals surface area contributed by atoms with Gasteiger partial charge in [0.1, 0.15) is 5.75 Å². The van der Waals surface area contributed by atoms with Gasteiger partial charge in [-0.05, 0) is 55.7 Å². The molecule has 174 valence electrons. The van der Waals surface area contributed by atoms with Crippen molar-refractivity contribution in [2.45, 2.75) is 38.6 Å². The van der Waals surface area contributed by atoms with Crippen LogP contribution in [0, 0.1) is 0 Å². The summed E-state index contributed by atoms with van der Waals surface area (Å²) in [6.07, 6.45) is -3.58. The number of carbonyl (C=O) groups is 1. The zero-order valence-corrected chi connectivity index (χ0v) is 19.2. The lowest BCUT2D eigenvalue weighted by Crippen LogP contribution is -2.39. The van der Waals surface area contributed by atoms with Gasteiger partial charge >= 0.3 is 12.1 Å². The topological polar surface area (TPSA) is 51.7 Å².